The van der Waals surface area contributed by atoms with E-state index >= 15 is 0 Å². The summed E-state index contributed by atoms with van der Waals surface area (Å²) in [7, 11) is 0. The molecule has 0 aliphatic rings. The van der Waals surface area contributed by atoms with Gasteiger partial charge in [-0.25, -0.2) is 0 Å². The monoisotopic (exact) mass is 1930 g/mol. The van der Waals surface area contributed by atoms with Crippen molar-refractivity contribution < 1.29 is 81.5 Å². The Labute approximate surface area is 831 Å². The van der Waals surface area contributed by atoms with Crippen molar-refractivity contribution in [2.24, 2.45) is 71.4 Å². The molecule has 0 heterocycles. The van der Waals surface area contributed by atoms with Gasteiger partial charge in [-0.05, 0) is 120 Å². The molecule has 26 heteroatoms. The molecule has 0 radical (unpaired) electrons. The molecule has 4 unspecified atom stereocenters. The van der Waals surface area contributed by atoms with E-state index in [4.69, 9.17) is 0 Å². The van der Waals surface area contributed by atoms with Crippen LogP contribution in [0.4, 0.5) is 0 Å². The SMILES string of the molecule is CC(C)(C)NC(CCC(=O)N(CC(=O)C(C)(C)C)CC(=O)C(C)(C)C)C(=O)C(C)(C)C.CC(C)(C)NC(CCC(=O)N(CC(=O)C(C)(C)C)CC(=O)C(C)(C)C)C(=O)N(CC(=O)C(C)(C)C)CC(=O)C(C)(C)C.CC(C)C(=O)C(Cc1ccc(CNC(C)(C)C)cc1)N(CC(=O)C(C)(C)C)CC(=O)C(C)(C)C.CC(C)C(=O)CCC(NC(C)(C)C)C(=O)N(CC(=O)C(C)(C)C)CC(=O)C(C)(C)C. The summed E-state index contributed by atoms with van der Waals surface area (Å²) in [5.41, 5.74) is -5.88. The summed E-state index contributed by atoms with van der Waals surface area (Å²) in [5, 5.41) is 13.4. The van der Waals surface area contributed by atoms with E-state index in [0.717, 1.165) is 12.1 Å². The lowest BCUT2D eigenvalue weighted by molar-refractivity contribution is -0.144. The highest BCUT2D eigenvalue weighted by Crippen LogP contribution is 2.30. The van der Waals surface area contributed by atoms with Gasteiger partial charge >= 0.3 is 0 Å². The van der Waals surface area contributed by atoms with Gasteiger partial charge in [0.15, 0.2) is 69.4 Å². The van der Waals surface area contributed by atoms with E-state index in [1.807, 2.05) is 157 Å². The zero-order valence-corrected chi connectivity index (χ0v) is 95.7. The Hall–Kier alpha value is -7.39. The molecule has 788 valence electrons. The molecule has 4 atom stereocenters. The quantitative estimate of drug-likeness (QED) is 0.0472. The molecule has 1 aromatic rings. The molecule has 137 heavy (non-hydrogen) atoms. The van der Waals surface area contributed by atoms with Crippen molar-refractivity contribution >= 4 is 98.8 Å². The predicted molar refractivity (Wildman–Crippen MR) is 555 cm³/mol. The standard InChI is InChI=1S/C33H59N3O6.C29H48N2O3.C25H46N2O4.C24H44N2O4/c1-29(2,3)23(37)18-35(19-24(38)30(4,5)6)27(41)17-16-22(34-33(13,14)15)28(42)36(20-25(39)31(7,8)9)21-26(40)32(10,11)12;1-20(2)26(34)23(16-21-12-14-22(15-13-21)17-30-29(9,10)11)31(18-24(32)27(3,4)5)19-25(33)28(6,7)8;1-22(2,3)18(28)15-27(16-19(29)23(4,5)6)20(30)14-13-17(26-25(10,11)12)21(31)24(7,8)9;1-16(2)18(27)13-12-17(25-24(9,10)11)21(30)26(14-19(28)22(3,4)5)15-20(29)23(6,7)8/h22,34H,16-21H2,1-15H3;12-15,20,23,30H,16-19H2,1-11H3;17,26H,13-16H2,1-12H3;16-17,25H,12-15H2,1-11H3. The second-order valence-corrected chi connectivity index (χ2v) is 53.9. The van der Waals surface area contributed by atoms with Gasteiger partial charge in [-0.3, -0.25) is 86.4 Å². The summed E-state index contributed by atoms with van der Waals surface area (Å²) < 4.78 is 0. The van der Waals surface area contributed by atoms with Crippen LogP contribution in [-0.2, 0) is 94.5 Å². The summed E-state index contributed by atoms with van der Waals surface area (Å²) in [6.07, 6.45) is 1.42. The maximum Gasteiger partial charge on any atom is 0.240 e. The van der Waals surface area contributed by atoms with Gasteiger partial charge in [0.05, 0.1) is 89.6 Å². The van der Waals surface area contributed by atoms with Crippen LogP contribution >= 0.6 is 0 Å². The lowest BCUT2D eigenvalue weighted by atomic mass is 9.84. The molecule has 0 aromatic heterocycles. The van der Waals surface area contributed by atoms with Gasteiger partial charge in [-0.2, -0.15) is 0 Å². The third kappa shape index (κ3) is 55.6. The Morgan fingerprint density at radius 2 is 0.474 bits per heavy atom. The van der Waals surface area contributed by atoms with Crippen molar-refractivity contribution in [3.8, 4) is 0 Å². The van der Waals surface area contributed by atoms with Gasteiger partial charge < -0.3 is 40.9 Å². The Kier molecular flexibility index (Phi) is 51.8. The minimum absolute atomic E-state index is 0.0272. The number of hydrogen-bond donors (Lipinski definition) is 4. The van der Waals surface area contributed by atoms with Crippen LogP contribution in [0.25, 0.3) is 0 Å². The van der Waals surface area contributed by atoms with Crippen LogP contribution in [0.3, 0.4) is 0 Å². The first-order valence-electron chi connectivity index (χ1n) is 49.6. The van der Waals surface area contributed by atoms with Crippen LogP contribution in [-0.4, -0.2) is 235 Å². The Balaban J connectivity index is -0.00000176. The lowest BCUT2D eigenvalue weighted by Crippen LogP contribution is -2.56. The molecule has 0 fully saturated rings. The fourth-order valence-electron chi connectivity index (χ4n) is 12.2. The number of benzene rings is 1. The second-order valence-electron chi connectivity index (χ2n) is 53.9. The average molecular weight is 1930 g/mol. The smallest absolute Gasteiger partial charge is 0.240 e. The van der Waals surface area contributed by atoms with Crippen LogP contribution in [0.15, 0.2) is 24.3 Å². The molecule has 4 amide bonds. The van der Waals surface area contributed by atoms with Gasteiger partial charge in [0, 0.05) is 119 Å². The molecule has 0 saturated heterocycles. The Morgan fingerprint density at radius 1 is 0.255 bits per heavy atom. The largest absolute Gasteiger partial charge is 0.328 e. The number of nitrogens with one attached hydrogen (secondary N) is 4. The first kappa shape index (κ1) is 134. The molecule has 4 N–H and O–H groups in total. The molecule has 26 nitrogen and oxygen atoms in total. The summed E-state index contributed by atoms with van der Waals surface area (Å²) in [5.74, 6) is -2.64. The molecule has 0 aliphatic heterocycles. The van der Waals surface area contributed by atoms with Gasteiger partial charge in [-0.15, -0.1) is 0 Å². The normalized spacial score (nSPS) is 13.9. The topological polar surface area (TPSA) is 355 Å². The minimum Gasteiger partial charge on any atom is -0.328 e. The molecule has 1 rings (SSSR count). The Bertz CT molecular complexity index is 4070. The van der Waals surface area contributed by atoms with Gasteiger partial charge in [0.1, 0.15) is 5.78 Å². The second kappa shape index (κ2) is 53.1. The summed E-state index contributed by atoms with van der Waals surface area (Å²) in [6.45, 7) is 90.5. The highest BCUT2D eigenvalue weighted by atomic mass is 16.2. The van der Waals surface area contributed by atoms with Gasteiger partial charge in [-0.1, -0.05) is 280 Å². The minimum atomic E-state index is -0.882. The van der Waals surface area contributed by atoms with E-state index in [-0.39, 0.29) is 207 Å². The van der Waals surface area contributed by atoms with Crippen molar-refractivity contribution in [1.29, 1.82) is 0 Å². The number of Topliss-reactive ketones (excluding diaryl/α,β-unsaturated/α-hetero) is 13. The summed E-state index contributed by atoms with van der Waals surface area (Å²) in [4.78, 5) is 228. The van der Waals surface area contributed by atoms with Crippen molar-refractivity contribution in [3.63, 3.8) is 0 Å². The average Bonchev–Trinajstić information content (AvgIpc) is 0.829. The molecular weight excluding hydrogens is 1730 g/mol. The molecule has 0 bridgehead atoms. The summed E-state index contributed by atoms with van der Waals surface area (Å²) >= 11 is 0. The van der Waals surface area contributed by atoms with Crippen LogP contribution in [0, 0.1) is 71.4 Å². The maximum atomic E-state index is 14.0. The van der Waals surface area contributed by atoms with E-state index in [9.17, 15) is 81.5 Å². The third-order valence-corrected chi connectivity index (χ3v) is 22.8. The summed E-state index contributed by atoms with van der Waals surface area (Å²) in [6, 6.07) is 5.72. The number of rotatable bonds is 43. The first-order chi connectivity index (χ1) is 60.6. The fraction of sp³-hybridized carbons (Fsp3) is 0.793. The van der Waals surface area contributed by atoms with Crippen LogP contribution in [0.5, 0.6) is 0 Å². The van der Waals surface area contributed by atoms with E-state index in [2.05, 4.69) is 66.3 Å². The molecule has 0 spiro atoms. The van der Waals surface area contributed by atoms with E-state index in [0.29, 0.717) is 19.3 Å². The zero-order valence-electron chi connectivity index (χ0n) is 95.7. The van der Waals surface area contributed by atoms with E-state index in [1.54, 1.807) is 166 Å². The van der Waals surface area contributed by atoms with Gasteiger partial charge in [0.25, 0.3) is 0 Å². The van der Waals surface area contributed by atoms with Crippen LogP contribution in [0.2, 0.25) is 0 Å². The first-order valence-corrected chi connectivity index (χ1v) is 49.6. The lowest BCUT2D eigenvalue weighted by Gasteiger charge is -2.34. The number of carbonyl (C=O) groups is 17. The number of carbonyl (C=O) groups excluding carboxylic acids is 17. The van der Waals surface area contributed by atoms with E-state index < -0.39 is 101 Å². The van der Waals surface area contributed by atoms with Crippen molar-refractivity contribution in [1.82, 2.24) is 45.8 Å². The highest BCUT2D eigenvalue weighted by Gasteiger charge is 2.43. The fourth-order valence-corrected chi connectivity index (χ4v) is 12.2. The molecule has 0 saturated carbocycles. The number of hydrogen-bond acceptors (Lipinski definition) is 22. The molecule has 1 aromatic carbocycles. The predicted octanol–water partition coefficient (Wildman–Crippen LogP) is 17.9. The number of nitrogens with zero attached hydrogens (tertiary/aromatic N) is 5. The van der Waals surface area contributed by atoms with Crippen molar-refractivity contribution in [3.05, 3.63) is 35.4 Å². The highest BCUT2D eigenvalue weighted by molar-refractivity contribution is 5.99. The Morgan fingerprint density at radius 3 is 0.693 bits per heavy atom. The van der Waals surface area contributed by atoms with Crippen molar-refractivity contribution in [2.45, 2.75) is 437 Å². The third-order valence-electron chi connectivity index (χ3n) is 22.8. The molecule has 0 aliphatic carbocycles. The molecular formula is C111H197N9O17. The van der Waals surface area contributed by atoms with Gasteiger partial charge in [0.2, 0.25) is 23.6 Å². The number of ketones is 13. The van der Waals surface area contributed by atoms with Crippen LogP contribution in [0.1, 0.15) is 389 Å². The zero-order chi connectivity index (χ0) is 109. The van der Waals surface area contributed by atoms with Crippen LogP contribution < -0.4 is 21.3 Å². The number of amides is 4. The maximum absolute atomic E-state index is 14.0. The van der Waals surface area contributed by atoms with Crippen molar-refractivity contribution in [2.75, 3.05) is 65.4 Å². The van der Waals surface area contributed by atoms with E-state index in [1.165, 1.54) is 25.2 Å².